The number of nitrogens with one attached hydrogen (secondary N) is 1. The van der Waals surface area contributed by atoms with Crippen LogP contribution in [-0.2, 0) is 19.3 Å². The Hall–Kier alpha value is -2.15. The molecule has 0 aliphatic carbocycles. The summed E-state index contributed by atoms with van der Waals surface area (Å²) in [6.45, 7) is 3.20. The molecule has 0 atom stereocenters. The van der Waals surface area contributed by atoms with Gasteiger partial charge in [0.1, 0.15) is 5.01 Å². The summed E-state index contributed by atoms with van der Waals surface area (Å²) >= 11 is 0.955. The Morgan fingerprint density at radius 1 is 1.27 bits per heavy atom. The standard InChI is InChI=1S/C19H21F3N6S.HI/c1-3-23-18(24-10-17-26-16(13-29-17)19(20,21)22)27(2)11-14-9-25-28(12-14)15-7-5-4-6-8-15;/h4-9,12-13H,3,10-11H2,1-2H3,(H,23,24);1H. The Balaban J connectivity index is 0.00000320. The van der Waals surface area contributed by atoms with Gasteiger partial charge in [0, 0.05) is 37.3 Å². The number of hydrogen-bond donors (Lipinski definition) is 1. The summed E-state index contributed by atoms with van der Waals surface area (Å²) in [5.74, 6) is 0.587. The molecule has 0 saturated heterocycles. The van der Waals surface area contributed by atoms with E-state index in [1.807, 2.05) is 55.4 Å². The quantitative estimate of drug-likeness (QED) is 0.278. The topological polar surface area (TPSA) is 58.3 Å². The zero-order valence-corrected chi connectivity index (χ0v) is 19.6. The molecule has 11 heteroatoms. The average molecular weight is 550 g/mol. The molecular formula is C19H22F3IN6S. The molecule has 0 radical (unpaired) electrons. The van der Waals surface area contributed by atoms with Gasteiger partial charge in [0.15, 0.2) is 11.7 Å². The Labute approximate surface area is 193 Å². The number of benzene rings is 1. The van der Waals surface area contributed by atoms with Crippen molar-refractivity contribution in [1.82, 2.24) is 25.0 Å². The van der Waals surface area contributed by atoms with E-state index in [9.17, 15) is 13.2 Å². The summed E-state index contributed by atoms with van der Waals surface area (Å²) in [7, 11) is 1.87. The third-order valence-electron chi connectivity index (χ3n) is 3.98. The van der Waals surface area contributed by atoms with E-state index >= 15 is 0 Å². The van der Waals surface area contributed by atoms with Gasteiger partial charge >= 0.3 is 6.18 Å². The van der Waals surface area contributed by atoms with E-state index in [4.69, 9.17) is 0 Å². The molecule has 162 valence electrons. The van der Waals surface area contributed by atoms with E-state index in [2.05, 4.69) is 20.4 Å². The van der Waals surface area contributed by atoms with Gasteiger partial charge in [-0.3, -0.25) is 0 Å². The highest BCUT2D eigenvalue weighted by atomic mass is 127. The van der Waals surface area contributed by atoms with Gasteiger partial charge in [0.05, 0.1) is 18.4 Å². The first-order valence-electron chi connectivity index (χ1n) is 8.97. The lowest BCUT2D eigenvalue weighted by Crippen LogP contribution is -2.38. The molecule has 6 nitrogen and oxygen atoms in total. The molecule has 0 unspecified atom stereocenters. The zero-order valence-electron chi connectivity index (χ0n) is 16.4. The van der Waals surface area contributed by atoms with Crippen LogP contribution in [0.2, 0.25) is 0 Å². The Kier molecular flexibility index (Phi) is 8.65. The van der Waals surface area contributed by atoms with Crippen LogP contribution in [0.5, 0.6) is 0 Å². The van der Waals surface area contributed by atoms with E-state index in [0.29, 0.717) is 24.1 Å². The van der Waals surface area contributed by atoms with Crippen LogP contribution in [-0.4, -0.2) is 39.2 Å². The van der Waals surface area contributed by atoms with Crippen molar-refractivity contribution < 1.29 is 13.2 Å². The van der Waals surface area contributed by atoms with E-state index in [1.54, 1.807) is 10.9 Å². The fourth-order valence-electron chi connectivity index (χ4n) is 2.64. The van der Waals surface area contributed by atoms with Crippen LogP contribution in [0.1, 0.15) is 23.2 Å². The van der Waals surface area contributed by atoms with Gasteiger partial charge in [-0.25, -0.2) is 14.7 Å². The maximum absolute atomic E-state index is 12.7. The highest BCUT2D eigenvalue weighted by molar-refractivity contribution is 14.0. The second-order valence-electron chi connectivity index (χ2n) is 6.28. The van der Waals surface area contributed by atoms with Gasteiger partial charge in [-0.15, -0.1) is 35.3 Å². The van der Waals surface area contributed by atoms with Crippen LogP contribution in [0.3, 0.4) is 0 Å². The fourth-order valence-corrected chi connectivity index (χ4v) is 3.36. The van der Waals surface area contributed by atoms with Crippen LogP contribution in [0, 0.1) is 0 Å². The number of guanidine groups is 1. The lowest BCUT2D eigenvalue weighted by molar-refractivity contribution is -0.140. The number of halogens is 4. The van der Waals surface area contributed by atoms with E-state index in [0.717, 1.165) is 28.0 Å². The molecule has 30 heavy (non-hydrogen) atoms. The molecule has 3 rings (SSSR count). The maximum Gasteiger partial charge on any atom is 0.434 e. The maximum atomic E-state index is 12.7. The largest absolute Gasteiger partial charge is 0.434 e. The predicted molar refractivity (Wildman–Crippen MR) is 122 cm³/mol. The smallest absolute Gasteiger partial charge is 0.357 e. The lowest BCUT2D eigenvalue weighted by atomic mass is 10.3. The van der Waals surface area contributed by atoms with Crippen LogP contribution < -0.4 is 5.32 Å². The zero-order chi connectivity index (χ0) is 20.9. The third kappa shape index (κ3) is 6.42. The number of thiazole rings is 1. The van der Waals surface area contributed by atoms with Crippen LogP contribution in [0.4, 0.5) is 13.2 Å². The third-order valence-corrected chi connectivity index (χ3v) is 4.81. The molecular weight excluding hydrogens is 528 g/mol. The van der Waals surface area contributed by atoms with E-state index in [1.165, 1.54) is 0 Å². The van der Waals surface area contributed by atoms with Crippen molar-refractivity contribution in [3.8, 4) is 5.69 Å². The number of aliphatic imine (C=N–C) groups is 1. The molecule has 3 aromatic rings. The van der Waals surface area contributed by atoms with Crippen LogP contribution >= 0.6 is 35.3 Å². The number of alkyl halides is 3. The molecule has 2 aromatic heterocycles. The number of aromatic nitrogens is 3. The number of hydrogen-bond acceptors (Lipinski definition) is 4. The van der Waals surface area contributed by atoms with E-state index in [-0.39, 0.29) is 30.5 Å². The second kappa shape index (κ2) is 10.8. The summed E-state index contributed by atoms with van der Waals surface area (Å²) < 4.78 is 39.9. The molecule has 2 heterocycles. The summed E-state index contributed by atoms with van der Waals surface area (Å²) in [5, 5.41) is 8.86. The minimum atomic E-state index is -4.43. The Bertz CT molecular complexity index is 955. The highest BCUT2D eigenvalue weighted by Crippen LogP contribution is 2.30. The second-order valence-corrected chi connectivity index (χ2v) is 7.22. The number of para-hydroxylation sites is 1. The lowest BCUT2D eigenvalue weighted by Gasteiger charge is -2.21. The van der Waals surface area contributed by atoms with Crippen molar-refractivity contribution in [2.45, 2.75) is 26.2 Å². The minimum absolute atomic E-state index is 0. The van der Waals surface area contributed by atoms with Crippen molar-refractivity contribution in [2.24, 2.45) is 4.99 Å². The minimum Gasteiger partial charge on any atom is -0.357 e. The van der Waals surface area contributed by atoms with Gasteiger partial charge in [-0.05, 0) is 19.1 Å². The molecule has 0 spiro atoms. The highest BCUT2D eigenvalue weighted by Gasteiger charge is 2.33. The molecule has 0 fully saturated rings. The van der Waals surface area contributed by atoms with Crippen LogP contribution in [0.15, 0.2) is 53.1 Å². The van der Waals surface area contributed by atoms with Crippen molar-refractivity contribution in [3.05, 3.63) is 64.4 Å². The molecule has 1 N–H and O–H groups in total. The summed E-state index contributed by atoms with van der Waals surface area (Å²) in [5.41, 5.74) is 1.07. The van der Waals surface area contributed by atoms with Crippen molar-refractivity contribution >= 4 is 41.3 Å². The van der Waals surface area contributed by atoms with Crippen LogP contribution in [0.25, 0.3) is 5.69 Å². The van der Waals surface area contributed by atoms with Crippen molar-refractivity contribution in [2.75, 3.05) is 13.6 Å². The first-order valence-corrected chi connectivity index (χ1v) is 9.85. The first kappa shape index (κ1) is 24.1. The first-order chi connectivity index (χ1) is 13.9. The van der Waals surface area contributed by atoms with Gasteiger partial charge in [-0.1, -0.05) is 18.2 Å². The summed E-state index contributed by atoms with van der Waals surface area (Å²) in [6, 6.07) is 9.77. The monoisotopic (exact) mass is 550 g/mol. The van der Waals surface area contributed by atoms with Crippen molar-refractivity contribution in [3.63, 3.8) is 0 Å². The average Bonchev–Trinajstić information content (AvgIpc) is 3.35. The van der Waals surface area contributed by atoms with Crippen molar-refractivity contribution in [1.29, 1.82) is 0 Å². The Morgan fingerprint density at radius 2 is 2.00 bits per heavy atom. The molecule has 1 aromatic carbocycles. The Morgan fingerprint density at radius 3 is 2.63 bits per heavy atom. The molecule has 0 bridgehead atoms. The SMILES string of the molecule is CCNC(=NCc1nc(C(F)(F)F)cs1)N(C)Cc1cnn(-c2ccccc2)c1.I. The molecule has 0 aliphatic heterocycles. The van der Waals surface area contributed by atoms with E-state index < -0.39 is 11.9 Å². The van der Waals surface area contributed by atoms with Gasteiger partial charge in [-0.2, -0.15) is 18.3 Å². The molecule has 0 saturated carbocycles. The number of nitrogens with zero attached hydrogens (tertiary/aromatic N) is 5. The molecule has 0 amide bonds. The summed E-state index contributed by atoms with van der Waals surface area (Å²) in [6.07, 6.45) is -0.714. The number of rotatable bonds is 6. The normalized spacial score (nSPS) is 11.8. The molecule has 0 aliphatic rings. The van der Waals surface area contributed by atoms with Gasteiger partial charge < -0.3 is 10.2 Å². The summed E-state index contributed by atoms with van der Waals surface area (Å²) in [4.78, 5) is 9.94. The predicted octanol–water partition coefficient (Wildman–Crippen LogP) is 4.56. The van der Waals surface area contributed by atoms with Gasteiger partial charge in [0.2, 0.25) is 0 Å². The van der Waals surface area contributed by atoms with Gasteiger partial charge in [0.25, 0.3) is 0 Å². The fraction of sp³-hybridized carbons (Fsp3) is 0.316.